The number of aromatic nitrogens is 2. The monoisotopic (exact) mass is 398 g/mol. The number of rotatable bonds is 18. The summed E-state index contributed by atoms with van der Waals surface area (Å²) in [5, 5.41) is 0. The van der Waals surface area contributed by atoms with Gasteiger partial charge < -0.3 is 4.57 Å². The number of fused-ring (bicyclic) bond motifs is 1. The van der Waals surface area contributed by atoms with Crippen LogP contribution in [0.4, 0.5) is 0 Å². The SMILES string of the molecule is CCCCCCCCCCCCCCCCCCn1c(CC)nc2ccccc21. The fourth-order valence-corrected chi connectivity index (χ4v) is 4.46. The van der Waals surface area contributed by atoms with Crippen LogP contribution in [0, 0.1) is 0 Å². The molecule has 1 heterocycles. The van der Waals surface area contributed by atoms with Crippen molar-refractivity contribution in [2.45, 2.75) is 130 Å². The molecule has 0 radical (unpaired) electrons. The van der Waals surface area contributed by atoms with Crippen molar-refractivity contribution in [1.29, 1.82) is 0 Å². The molecule has 2 heteroatoms. The fraction of sp³-hybridized carbons (Fsp3) is 0.741. The molecule has 0 aliphatic carbocycles. The maximum absolute atomic E-state index is 4.79. The predicted octanol–water partition coefficient (Wildman–Crippen LogP) is 8.86. The van der Waals surface area contributed by atoms with Crippen LogP contribution in [0.25, 0.3) is 11.0 Å². The molecule has 0 fully saturated rings. The molecule has 164 valence electrons. The summed E-state index contributed by atoms with van der Waals surface area (Å²) in [4.78, 5) is 4.79. The second kappa shape index (κ2) is 15.5. The van der Waals surface area contributed by atoms with Crippen LogP contribution < -0.4 is 0 Å². The molecule has 0 aliphatic rings. The van der Waals surface area contributed by atoms with E-state index in [1.807, 2.05) is 0 Å². The molecule has 0 saturated heterocycles. The first-order valence-electron chi connectivity index (χ1n) is 12.8. The zero-order chi connectivity index (χ0) is 20.6. The number of hydrogen-bond acceptors (Lipinski definition) is 1. The molecule has 29 heavy (non-hydrogen) atoms. The summed E-state index contributed by atoms with van der Waals surface area (Å²) in [6, 6.07) is 8.58. The van der Waals surface area contributed by atoms with Crippen LogP contribution in [0.15, 0.2) is 24.3 Å². The molecule has 1 aromatic carbocycles. The molecular weight excluding hydrogens is 352 g/mol. The van der Waals surface area contributed by atoms with Crippen molar-refractivity contribution < 1.29 is 0 Å². The van der Waals surface area contributed by atoms with Crippen molar-refractivity contribution in [3.8, 4) is 0 Å². The van der Waals surface area contributed by atoms with Crippen LogP contribution >= 0.6 is 0 Å². The number of nitrogens with zero attached hydrogens (tertiary/aromatic N) is 2. The maximum atomic E-state index is 4.79. The number of aryl methyl sites for hydroxylation is 2. The molecule has 0 amide bonds. The van der Waals surface area contributed by atoms with Crippen LogP contribution in [-0.4, -0.2) is 9.55 Å². The summed E-state index contributed by atoms with van der Waals surface area (Å²) in [5.74, 6) is 1.24. The minimum atomic E-state index is 1.02. The van der Waals surface area contributed by atoms with Gasteiger partial charge in [0.2, 0.25) is 0 Å². The summed E-state index contributed by atoms with van der Waals surface area (Å²) in [7, 11) is 0. The Hall–Kier alpha value is -1.31. The summed E-state index contributed by atoms with van der Waals surface area (Å²) < 4.78 is 2.44. The Morgan fingerprint density at radius 3 is 1.62 bits per heavy atom. The van der Waals surface area contributed by atoms with Crippen molar-refractivity contribution in [1.82, 2.24) is 9.55 Å². The third-order valence-corrected chi connectivity index (χ3v) is 6.29. The molecule has 2 nitrogen and oxygen atoms in total. The summed E-state index contributed by atoms with van der Waals surface area (Å²) >= 11 is 0. The zero-order valence-corrected chi connectivity index (χ0v) is 19.4. The van der Waals surface area contributed by atoms with E-state index >= 15 is 0 Å². The second-order valence-corrected chi connectivity index (χ2v) is 8.83. The average Bonchev–Trinajstić information content (AvgIpc) is 3.11. The van der Waals surface area contributed by atoms with E-state index in [-0.39, 0.29) is 0 Å². The predicted molar refractivity (Wildman–Crippen MR) is 129 cm³/mol. The number of benzene rings is 1. The van der Waals surface area contributed by atoms with E-state index in [0.717, 1.165) is 18.5 Å². The highest BCUT2D eigenvalue weighted by molar-refractivity contribution is 5.75. The average molecular weight is 399 g/mol. The van der Waals surface area contributed by atoms with Crippen molar-refractivity contribution in [3.63, 3.8) is 0 Å². The Kier molecular flexibility index (Phi) is 12.8. The van der Waals surface area contributed by atoms with Gasteiger partial charge in [-0.2, -0.15) is 0 Å². The quantitative estimate of drug-likeness (QED) is 0.229. The molecule has 0 saturated carbocycles. The lowest BCUT2D eigenvalue weighted by atomic mass is 10.0. The second-order valence-electron chi connectivity index (χ2n) is 8.83. The lowest BCUT2D eigenvalue weighted by Crippen LogP contribution is -2.03. The lowest BCUT2D eigenvalue weighted by molar-refractivity contribution is 0.520. The highest BCUT2D eigenvalue weighted by atomic mass is 15.1. The van der Waals surface area contributed by atoms with Gasteiger partial charge >= 0.3 is 0 Å². The molecule has 0 N–H and O–H groups in total. The highest BCUT2D eigenvalue weighted by Gasteiger charge is 2.07. The molecule has 0 spiro atoms. The van der Waals surface area contributed by atoms with Gasteiger partial charge in [0.1, 0.15) is 5.82 Å². The van der Waals surface area contributed by atoms with E-state index in [1.54, 1.807) is 0 Å². The molecule has 0 unspecified atom stereocenters. The van der Waals surface area contributed by atoms with Crippen molar-refractivity contribution in [3.05, 3.63) is 30.1 Å². The number of hydrogen-bond donors (Lipinski definition) is 0. The Balaban J connectivity index is 1.42. The highest BCUT2D eigenvalue weighted by Crippen LogP contribution is 2.18. The molecule has 1 aromatic heterocycles. The molecular formula is C27H46N2. The van der Waals surface area contributed by atoms with Crippen LogP contribution in [0.2, 0.25) is 0 Å². The summed E-state index contributed by atoms with van der Waals surface area (Å²) in [5.41, 5.74) is 2.46. The van der Waals surface area contributed by atoms with Gasteiger partial charge in [0.15, 0.2) is 0 Å². The van der Waals surface area contributed by atoms with Gasteiger partial charge in [-0.25, -0.2) is 4.98 Å². The van der Waals surface area contributed by atoms with E-state index < -0.39 is 0 Å². The van der Waals surface area contributed by atoms with E-state index in [9.17, 15) is 0 Å². The van der Waals surface area contributed by atoms with Crippen LogP contribution in [0.1, 0.15) is 122 Å². The molecule has 0 bridgehead atoms. The lowest BCUT2D eigenvalue weighted by Gasteiger charge is -2.08. The van der Waals surface area contributed by atoms with E-state index in [0.29, 0.717) is 0 Å². The zero-order valence-electron chi connectivity index (χ0n) is 19.4. The van der Waals surface area contributed by atoms with Gasteiger partial charge in [0, 0.05) is 13.0 Å². The Bertz CT molecular complexity index is 643. The van der Waals surface area contributed by atoms with Crippen molar-refractivity contribution in [2.24, 2.45) is 0 Å². The van der Waals surface area contributed by atoms with E-state index in [1.165, 1.54) is 114 Å². The normalized spacial score (nSPS) is 11.5. The molecule has 2 rings (SSSR count). The minimum Gasteiger partial charge on any atom is -0.328 e. The van der Waals surface area contributed by atoms with Crippen LogP contribution in [0.5, 0.6) is 0 Å². The minimum absolute atomic E-state index is 1.02. The largest absolute Gasteiger partial charge is 0.328 e. The number of para-hydroxylation sites is 2. The summed E-state index contributed by atoms with van der Waals surface area (Å²) in [6.07, 6.45) is 23.8. The van der Waals surface area contributed by atoms with Gasteiger partial charge in [-0.05, 0) is 18.6 Å². The molecule has 0 atom stereocenters. The Morgan fingerprint density at radius 1 is 0.621 bits per heavy atom. The first kappa shape index (κ1) is 24.0. The smallest absolute Gasteiger partial charge is 0.109 e. The van der Waals surface area contributed by atoms with Crippen LogP contribution in [0.3, 0.4) is 0 Å². The first-order chi connectivity index (χ1) is 14.4. The van der Waals surface area contributed by atoms with Gasteiger partial charge in [-0.3, -0.25) is 0 Å². The third-order valence-electron chi connectivity index (χ3n) is 6.29. The Morgan fingerprint density at radius 2 is 1.10 bits per heavy atom. The van der Waals surface area contributed by atoms with Crippen molar-refractivity contribution in [2.75, 3.05) is 0 Å². The van der Waals surface area contributed by atoms with E-state index in [4.69, 9.17) is 4.98 Å². The molecule has 2 aromatic rings. The molecule has 0 aliphatic heterocycles. The third kappa shape index (κ3) is 9.36. The van der Waals surface area contributed by atoms with Gasteiger partial charge in [-0.15, -0.1) is 0 Å². The number of imidazole rings is 1. The number of unbranched alkanes of at least 4 members (excludes halogenated alkanes) is 15. The fourth-order valence-electron chi connectivity index (χ4n) is 4.46. The van der Waals surface area contributed by atoms with E-state index in [2.05, 4.69) is 42.7 Å². The van der Waals surface area contributed by atoms with Crippen molar-refractivity contribution >= 4 is 11.0 Å². The standard InChI is InChI=1S/C27H46N2/c1-3-5-6-7-8-9-10-11-12-13-14-15-16-17-18-21-24-29-26-23-20-19-22-25(26)28-27(29)4-2/h19-20,22-23H,3-18,21,24H2,1-2H3. The van der Waals surface area contributed by atoms with Crippen LogP contribution in [-0.2, 0) is 13.0 Å². The Labute approximate surface area is 180 Å². The van der Waals surface area contributed by atoms with Gasteiger partial charge in [-0.1, -0.05) is 122 Å². The van der Waals surface area contributed by atoms with Gasteiger partial charge in [0.05, 0.1) is 11.0 Å². The maximum Gasteiger partial charge on any atom is 0.109 e. The van der Waals surface area contributed by atoms with Gasteiger partial charge in [0.25, 0.3) is 0 Å². The topological polar surface area (TPSA) is 17.8 Å². The first-order valence-corrected chi connectivity index (χ1v) is 12.8. The summed E-state index contributed by atoms with van der Waals surface area (Å²) in [6.45, 7) is 5.64.